The molecular weight excluding hydrogens is 374 g/mol. The second-order valence-electron chi connectivity index (χ2n) is 6.36. The number of hydrogen-bond donors (Lipinski definition) is 2. The van der Waals surface area contributed by atoms with Crippen LogP contribution in [0.5, 0.6) is 0 Å². The zero-order valence-electron chi connectivity index (χ0n) is 13.9. The van der Waals surface area contributed by atoms with Crippen LogP contribution in [-0.4, -0.2) is 17.5 Å². The zero-order chi connectivity index (χ0) is 18.1. The van der Waals surface area contributed by atoms with Crippen LogP contribution < -0.4 is 10.6 Å². The average Bonchev–Trinajstić information content (AvgIpc) is 2.63. The molecule has 3 nitrogen and oxygen atoms in total. The molecule has 2 atom stereocenters. The summed E-state index contributed by atoms with van der Waals surface area (Å²) in [6.07, 6.45) is 1.50. The second kappa shape index (κ2) is 7.48. The van der Waals surface area contributed by atoms with Gasteiger partial charge in [-0.05, 0) is 60.4 Å². The van der Waals surface area contributed by atoms with E-state index < -0.39 is 0 Å². The molecule has 0 bridgehead atoms. The molecule has 2 N–H and O–H groups in total. The van der Waals surface area contributed by atoms with Gasteiger partial charge in [-0.2, -0.15) is 0 Å². The third kappa shape index (κ3) is 3.69. The summed E-state index contributed by atoms with van der Waals surface area (Å²) in [6, 6.07) is 8.67. The predicted octanol–water partition coefficient (Wildman–Crippen LogP) is 5.04. The van der Waals surface area contributed by atoms with Crippen LogP contribution in [0.25, 0.3) is 0 Å². The van der Waals surface area contributed by atoms with Gasteiger partial charge in [0.2, 0.25) is 0 Å². The molecule has 0 radical (unpaired) electrons. The number of halogens is 2. The van der Waals surface area contributed by atoms with E-state index in [1.807, 2.05) is 0 Å². The summed E-state index contributed by atoms with van der Waals surface area (Å²) in [5, 5.41) is 5.93. The Bertz CT molecular complexity index is 779. The minimum absolute atomic E-state index is 0.216. The number of carbonyl (C=O) groups is 1. The summed E-state index contributed by atoms with van der Waals surface area (Å²) < 4.78 is 27.2. The standard InChI is InChI=1S/C19H18F2N2OS2/c20-11-1-3-17-13(9-11)15(5-7-25-17)22-19(24)23-16-6-8-26-18-4-2-12(21)10-14(16)18/h1-4,9-10,15-16H,5-8H2,(H2,22,23,24)/t15-,16+. The van der Waals surface area contributed by atoms with Gasteiger partial charge >= 0.3 is 6.03 Å². The highest BCUT2D eigenvalue weighted by atomic mass is 32.2. The first kappa shape index (κ1) is 17.7. The number of nitrogens with one attached hydrogen (secondary N) is 2. The number of rotatable bonds is 2. The maximum absolute atomic E-state index is 13.6. The molecule has 2 heterocycles. The van der Waals surface area contributed by atoms with E-state index in [1.54, 1.807) is 35.7 Å². The van der Waals surface area contributed by atoms with E-state index in [4.69, 9.17) is 0 Å². The number of fused-ring (bicyclic) bond motifs is 2. The van der Waals surface area contributed by atoms with Crippen LogP contribution in [0.1, 0.15) is 36.1 Å². The number of benzene rings is 2. The van der Waals surface area contributed by atoms with Gasteiger partial charge in [-0.3, -0.25) is 0 Å². The normalized spacial score (nSPS) is 21.5. The summed E-state index contributed by atoms with van der Waals surface area (Å²) in [7, 11) is 0. The first-order chi connectivity index (χ1) is 12.6. The van der Waals surface area contributed by atoms with Crippen molar-refractivity contribution in [1.82, 2.24) is 10.6 Å². The molecule has 136 valence electrons. The first-order valence-electron chi connectivity index (χ1n) is 8.51. The molecule has 2 aliphatic rings. The lowest BCUT2D eigenvalue weighted by molar-refractivity contribution is 0.232. The minimum Gasteiger partial charge on any atom is -0.331 e. The number of urea groups is 1. The van der Waals surface area contributed by atoms with E-state index in [9.17, 15) is 13.6 Å². The Labute approximate surface area is 159 Å². The minimum atomic E-state index is -0.302. The van der Waals surface area contributed by atoms with Crippen LogP contribution in [0.4, 0.5) is 13.6 Å². The Morgan fingerprint density at radius 2 is 1.31 bits per heavy atom. The first-order valence-corrected chi connectivity index (χ1v) is 10.5. The van der Waals surface area contributed by atoms with E-state index >= 15 is 0 Å². The summed E-state index contributed by atoms with van der Waals surface area (Å²) >= 11 is 3.35. The van der Waals surface area contributed by atoms with Gasteiger partial charge < -0.3 is 10.6 Å². The molecule has 2 amide bonds. The van der Waals surface area contributed by atoms with Crippen molar-refractivity contribution in [2.24, 2.45) is 0 Å². The molecule has 4 rings (SSSR count). The van der Waals surface area contributed by atoms with E-state index in [0.29, 0.717) is 0 Å². The Morgan fingerprint density at radius 1 is 0.846 bits per heavy atom. The molecule has 0 spiro atoms. The molecule has 2 aliphatic heterocycles. The Kier molecular flexibility index (Phi) is 5.09. The maximum atomic E-state index is 13.6. The van der Waals surface area contributed by atoms with Crippen LogP contribution in [0.3, 0.4) is 0 Å². The number of thioether (sulfide) groups is 2. The van der Waals surface area contributed by atoms with Crippen LogP contribution in [-0.2, 0) is 0 Å². The van der Waals surface area contributed by atoms with Gasteiger partial charge in [-0.15, -0.1) is 23.5 Å². The SMILES string of the molecule is O=C(N[C@H]1CCSc2ccc(F)cc21)N[C@@H]1CCSc2ccc(F)cc21. The van der Waals surface area contributed by atoms with Gasteiger partial charge in [0.05, 0.1) is 12.1 Å². The number of hydrogen-bond acceptors (Lipinski definition) is 3. The van der Waals surface area contributed by atoms with Gasteiger partial charge in [0.1, 0.15) is 11.6 Å². The molecule has 2 aromatic carbocycles. The molecule has 0 saturated carbocycles. The third-order valence-corrected chi connectivity index (χ3v) is 6.88. The van der Waals surface area contributed by atoms with Crippen molar-refractivity contribution in [2.45, 2.75) is 34.7 Å². The van der Waals surface area contributed by atoms with Gasteiger partial charge in [-0.25, -0.2) is 13.6 Å². The van der Waals surface area contributed by atoms with Crippen LogP contribution >= 0.6 is 23.5 Å². The lowest BCUT2D eigenvalue weighted by Crippen LogP contribution is -2.41. The molecule has 2 aromatic rings. The van der Waals surface area contributed by atoms with E-state index in [2.05, 4.69) is 10.6 Å². The van der Waals surface area contributed by atoms with Crippen molar-refractivity contribution >= 4 is 29.6 Å². The molecule has 0 saturated heterocycles. The lowest BCUT2D eigenvalue weighted by atomic mass is 10.0. The highest BCUT2D eigenvalue weighted by Crippen LogP contribution is 2.38. The zero-order valence-corrected chi connectivity index (χ0v) is 15.6. The van der Waals surface area contributed by atoms with E-state index in [1.165, 1.54) is 24.3 Å². The lowest BCUT2D eigenvalue weighted by Gasteiger charge is -2.29. The van der Waals surface area contributed by atoms with Gasteiger partial charge in [-0.1, -0.05) is 0 Å². The smallest absolute Gasteiger partial charge is 0.315 e. The van der Waals surface area contributed by atoms with Crippen molar-refractivity contribution in [3.8, 4) is 0 Å². The third-order valence-electron chi connectivity index (χ3n) is 4.63. The molecule has 7 heteroatoms. The van der Waals surface area contributed by atoms with E-state index in [0.717, 1.165) is 45.3 Å². The highest BCUT2D eigenvalue weighted by Gasteiger charge is 2.26. The van der Waals surface area contributed by atoms with Crippen LogP contribution in [0, 0.1) is 11.6 Å². The molecule has 0 unspecified atom stereocenters. The fraction of sp³-hybridized carbons (Fsp3) is 0.316. The molecule has 0 aromatic heterocycles. The van der Waals surface area contributed by atoms with Gasteiger partial charge in [0.25, 0.3) is 0 Å². The Morgan fingerprint density at radius 3 is 1.77 bits per heavy atom. The van der Waals surface area contributed by atoms with Crippen molar-refractivity contribution in [1.29, 1.82) is 0 Å². The predicted molar refractivity (Wildman–Crippen MR) is 101 cm³/mol. The van der Waals surface area contributed by atoms with E-state index in [-0.39, 0.29) is 29.7 Å². The molecule has 26 heavy (non-hydrogen) atoms. The number of amides is 2. The van der Waals surface area contributed by atoms with Crippen molar-refractivity contribution < 1.29 is 13.6 Å². The monoisotopic (exact) mass is 392 g/mol. The Hall–Kier alpha value is -1.73. The van der Waals surface area contributed by atoms with Crippen LogP contribution in [0.15, 0.2) is 46.2 Å². The van der Waals surface area contributed by atoms with Gasteiger partial charge in [0, 0.05) is 21.3 Å². The fourth-order valence-corrected chi connectivity index (χ4v) is 5.60. The summed E-state index contributed by atoms with van der Waals surface area (Å²) in [5.74, 6) is 1.15. The summed E-state index contributed by atoms with van der Waals surface area (Å²) in [4.78, 5) is 14.6. The largest absolute Gasteiger partial charge is 0.331 e. The highest BCUT2D eigenvalue weighted by molar-refractivity contribution is 7.99. The summed E-state index contributed by atoms with van der Waals surface area (Å²) in [6.45, 7) is 0. The number of carbonyl (C=O) groups excluding carboxylic acids is 1. The van der Waals surface area contributed by atoms with Crippen molar-refractivity contribution in [3.63, 3.8) is 0 Å². The van der Waals surface area contributed by atoms with Crippen molar-refractivity contribution in [2.75, 3.05) is 11.5 Å². The Balaban J connectivity index is 1.48. The molecular formula is C19H18F2N2OS2. The van der Waals surface area contributed by atoms with Gasteiger partial charge in [0.15, 0.2) is 0 Å². The average molecular weight is 392 g/mol. The summed E-state index contributed by atoms with van der Waals surface area (Å²) in [5.41, 5.74) is 1.64. The quantitative estimate of drug-likeness (QED) is 0.752. The molecule has 0 aliphatic carbocycles. The van der Waals surface area contributed by atoms with Crippen LogP contribution in [0.2, 0.25) is 0 Å². The fourth-order valence-electron chi connectivity index (χ4n) is 3.39. The maximum Gasteiger partial charge on any atom is 0.315 e. The second-order valence-corrected chi connectivity index (χ2v) is 8.64. The topological polar surface area (TPSA) is 41.1 Å². The molecule has 0 fully saturated rings. The van der Waals surface area contributed by atoms with Crippen molar-refractivity contribution in [3.05, 3.63) is 59.2 Å².